The number of aromatic nitrogens is 2. The normalized spacial score (nSPS) is 10.2. The number of unbranched alkanes of at least 4 members (excludes halogenated alkanes) is 2. The summed E-state index contributed by atoms with van der Waals surface area (Å²) >= 11 is 3.43. The third-order valence-corrected chi connectivity index (χ3v) is 2.86. The Kier molecular flexibility index (Phi) is 6.15. The maximum absolute atomic E-state index is 5.06. The Morgan fingerprint density at radius 1 is 1.38 bits per heavy atom. The van der Waals surface area contributed by atoms with Crippen molar-refractivity contribution in [2.75, 3.05) is 30.9 Å². The molecule has 4 nitrogen and oxygen atoms in total. The van der Waals surface area contributed by atoms with E-state index in [1.165, 1.54) is 12.8 Å². The molecule has 0 saturated heterocycles. The monoisotopic (exact) mass is 287 g/mol. The zero-order valence-corrected chi connectivity index (χ0v) is 11.4. The molecule has 0 spiro atoms. The molecule has 5 heteroatoms. The zero-order chi connectivity index (χ0) is 11.8. The molecule has 0 aromatic carbocycles. The molecule has 1 aromatic heterocycles. The van der Waals surface area contributed by atoms with Gasteiger partial charge in [0.1, 0.15) is 0 Å². The van der Waals surface area contributed by atoms with Crippen LogP contribution in [0.1, 0.15) is 19.3 Å². The van der Waals surface area contributed by atoms with E-state index >= 15 is 0 Å². The lowest BCUT2D eigenvalue weighted by atomic mass is 10.2. The third kappa shape index (κ3) is 4.35. The lowest BCUT2D eigenvalue weighted by molar-refractivity contribution is 0.397. The van der Waals surface area contributed by atoms with E-state index < -0.39 is 0 Å². The van der Waals surface area contributed by atoms with E-state index in [0.29, 0.717) is 5.88 Å². The lowest BCUT2D eigenvalue weighted by Gasteiger charge is -2.16. The van der Waals surface area contributed by atoms with E-state index in [0.717, 1.165) is 24.2 Å². The second-order valence-electron chi connectivity index (χ2n) is 3.57. The topological polar surface area (TPSA) is 38.2 Å². The highest BCUT2D eigenvalue weighted by Crippen LogP contribution is 2.11. The number of nitrogens with zero attached hydrogens (tertiary/aromatic N) is 3. The van der Waals surface area contributed by atoms with Crippen LogP contribution in [0.3, 0.4) is 0 Å². The van der Waals surface area contributed by atoms with Crippen molar-refractivity contribution in [3.8, 4) is 5.88 Å². The largest absolute Gasteiger partial charge is 0.481 e. The number of hydrogen-bond donors (Lipinski definition) is 0. The maximum atomic E-state index is 5.06. The van der Waals surface area contributed by atoms with Crippen LogP contribution in [-0.2, 0) is 0 Å². The van der Waals surface area contributed by atoms with Crippen LogP contribution in [0, 0.1) is 0 Å². The van der Waals surface area contributed by atoms with Crippen molar-refractivity contribution in [2.45, 2.75) is 19.3 Å². The molecule has 0 fully saturated rings. The van der Waals surface area contributed by atoms with Gasteiger partial charge in [-0.2, -0.15) is 4.98 Å². The van der Waals surface area contributed by atoms with Crippen LogP contribution in [0.2, 0.25) is 0 Å². The zero-order valence-electron chi connectivity index (χ0n) is 9.82. The first-order valence-corrected chi connectivity index (χ1v) is 6.54. The summed E-state index contributed by atoms with van der Waals surface area (Å²) in [6.45, 7) is 0.972. The highest BCUT2D eigenvalue weighted by Gasteiger charge is 2.04. The van der Waals surface area contributed by atoms with Crippen LogP contribution in [0.5, 0.6) is 5.88 Å². The predicted molar refractivity (Wildman–Crippen MR) is 69.5 cm³/mol. The number of halogens is 1. The first kappa shape index (κ1) is 13.2. The van der Waals surface area contributed by atoms with Crippen LogP contribution in [-0.4, -0.2) is 36.0 Å². The molecule has 1 aromatic rings. The van der Waals surface area contributed by atoms with Gasteiger partial charge in [-0.25, -0.2) is 4.98 Å². The molecule has 16 heavy (non-hydrogen) atoms. The van der Waals surface area contributed by atoms with Gasteiger partial charge in [0.2, 0.25) is 11.8 Å². The molecule has 90 valence electrons. The quantitative estimate of drug-likeness (QED) is 0.571. The maximum Gasteiger partial charge on any atom is 0.228 e. The van der Waals surface area contributed by atoms with Crippen molar-refractivity contribution in [3.05, 3.63) is 12.3 Å². The molecule has 0 atom stereocenters. The smallest absolute Gasteiger partial charge is 0.228 e. The van der Waals surface area contributed by atoms with Crippen LogP contribution in [0.25, 0.3) is 0 Å². The summed E-state index contributed by atoms with van der Waals surface area (Å²) in [5.41, 5.74) is 0. The first-order valence-electron chi connectivity index (χ1n) is 5.42. The van der Waals surface area contributed by atoms with Crippen molar-refractivity contribution in [3.63, 3.8) is 0 Å². The summed E-state index contributed by atoms with van der Waals surface area (Å²) in [5, 5.41) is 1.08. The molecule has 1 rings (SSSR count). The summed E-state index contributed by atoms with van der Waals surface area (Å²) in [5.74, 6) is 1.33. The number of hydrogen-bond acceptors (Lipinski definition) is 4. The number of rotatable bonds is 7. The molecule has 0 radical (unpaired) electrons. The summed E-state index contributed by atoms with van der Waals surface area (Å²) in [6, 6.07) is 1.75. The minimum absolute atomic E-state index is 0.609. The van der Waals surface area contributed by atoms with Gasteiger partial charge in [0.25, 0.3) is 0 Å². The van der Waals surface area contributed by atoms with Gasteiger partial charge in [0.15, 0.2) is 0 Å². The molecule has 0 aliphatic carbocycles. The Balaban J connectivity index is 2.42. The fourth-order valence-corrected chi connectivity index (χ4v) is 1.75. The fourth-order valence-electron chi connectivity index (χ4n) is 1.35. The van der Waals surface area contributed by atoms with Crippen molar-refractivity contribution in [2.24, 2.45) is 0 Å². The average Bonchev–Trinajstić information content (AvgIpc) is 2.34. The predicted octanol–water partition coefficient (Wildman–Crippen LogP) is 2.49. The second-order valence-corrected chi connectivity index (χ2v) is 4.36. The van der Waals surface area contributed by atoms with Crippen molar-refractivity contribution >= 4 is 21.9 Å². The number of methoxy groups -OCH3 is 1. The SMILES string of the molecule is COc1ccnc(N(C)CCCCCBr)n1. The highest BCUT2D eigenvalue weighted by atomic mass is 79.9. The Hall–Kier alpha value is -0.840. The number of alkyl halides is 1. The fraction of sp³-hybridized carbons (Fsp3) is 0.636. The molecule has 0 saturated carbocycles. The van der Waals surface area contributed by atoms with E-state index in [1.54, 1.807) is 19.4 Å². The van der Waals surface area contributed by atoms with Crippen LogP contribution < -0.4 is 9.64 Å². The van der Waals surface area contributed by atoms with Crippen molar-refractivity contribution in [1.82, 2.24) is 9.97 Å². The molecule has 1 heterocycles. The molecule has 0 bridgehead atoms. The van der Waals surface area contributed by atoms with Gasteiger partial charge in [0, 0.05) is 31.2 Å². The van der Waals surface area contributed by atoms with Crippen molar-refractivity contribution < 1.29 is 4.74 Å². The van der Waals surface area contributed by atoms with Gasteiger partial charge >= 0.3 is 0 Å². The standard InChI is InChI=1S/C11H18BrN3O/c1-15(9-5-3-4-7-12)11-13-8-6-10(14-11)16-2/h6,8H,3-5,7,9H2,1-2H3. The Morgan fingerprint density at radius 3 is 2.88 bits per heavy atom. The minimum atomic E-state index is 0.609. The summed E-state index contributed by atoms with van der Waals surface area (Å²) in [4.78, 5) is 10.5. The molecule has 0 aliphatic heterocycles. The summed E-state index contributed by atoms with van der Waals surface area (Å²) in [6.07, 6.45) is 5.31. The lowest BCUT2D eigenvalue weighted by Crippen LogP contribution is -2.21. The summed E-state index contributed by atoms with van der Waals surface area (Å²) in [7, 11) is 3.62. The molecular weight excluding hydrogens is 270 g/mol. The second kappa shape index (κ2) is 7.44. The van der Waals surface area contributed by atoms with E-state index in [9.17, 15) is 0 Å². The van der Waals surface area contributed by atoms with Gasteiger partial charge < -0.3 is 9.64 Å². The van der Waals surface area contributed by atoms with E-state index in [1.807, 2.05) is 7.05 Å². The summed E-state index contributed by atoms with van der Waals surface area (Å²) < 4.78 is 5.06. The van der Waals surface area contributed by atoms with Crippen LogP contribution in [0.15, 0.2) is 12.3 Å². The molecule has 0 aliphatic rings. The van der Waals surface area contributed by atoms with Gasteiger partial charge in [-0.3, -0.25) is 0 Å². The first-order chi connectivity index (χ1) is 7.77. The minimum Gasteiger partial charge on any atom is -0.481 e. The highest BCUT2D eigenvalue weighted by molar-refractivity contribution is 9.09. The molecule has 0 N–H and O–H groups in total. The average molecular weight is 288 g/mol. The Labute approximate surface area is 105 Å². The van der Waals surface area contributed by atoms with Gasteiger partial charge in [0.05, 0.1) is 7.11 Å². The van der Waals surface area contributed by atoms with E-state index in [4.69, 9.17) is 4.74 Å². The molecule has 0 amide bonds. The number of ether oxygens (including phenoxy) is 1. The van der Waals surface area contributed by atoms with Gasteiger partial charge in [-0.15, -0.1) is 0 Å². The van der Waals surface area contributed by atoms with Crippen molar-refractivity contribution in [1.29, 1.82) is 0 Å². The molecular formula is C11H18BrN3O. The third-order valence-electron chi connectivity index (χ3n) is 2.30. The van der Waals surface area contributed by atoms with E-state index in [2.05, 4.69) is 30.8 Å². The molecule has 0 unspecified atom stereocenters. The van der Waals surface area contributed by atoms with Gasteiger partial charge in [-0.1, -0.05) is 22.4 Å². The Morgan fingerprint density at radius 2 is 2.19 bits per heavy atom. The number of anilines is 1. The van der Waals surface area contributed by atoms with E-state index in [-0.39, 0.29) is 0 Å². The Bertz CT molecular complexity index is 309. The van der Waals surface area contributed by atoms with Crippen LogP contribution in [0.4, 0.5) is 5.95 Å². The van der Waals surface area contributed by atoms with Gasteiger partial charge in [-0.05, 0) is 12.8 Å². The van der Waals surface area contributed by atoms with Crippen LogP contribution >= 0.6 is 15.9 Å².